The number of para-hydroxylation sites is 1. The van der Waals surface area contributed by atoms with Crippen molar-refractivity contribution in [2.75, 3.05) is 25.0 Å². The van der Waals surface area contributed by atoms with Gasteiger partial charge in [-0.15, -0.1) is 0 Å². The molecule has 2 heterocycles. The van der Waals surface area contributed by atoms with Gasteiger partial charge in [-0.3, -0.25) is 4.98 Å². The highest BCUT2D eigenvalue weighted by molar-refractivity contribution is 5.57. The van der Waals surface area contributed by atoms with Crippen molar-refractivity contribution in [1.29, 1.82) is 5.26 Å². The maximum absolute atomic E-state index is 9.17. The number of anilines is 1. The van der Waals surface area contributed by atoms with E-state index in [1.165, 1.54) is 5.56 Å². The fourth-order valence-electron chi connectivity index (χ4n) is 3.06. The van der Waals surface area contributed by atoms with Crippen molar-refractivity contribution in [3.8, 4) is 6.07 Å². The van der Waals surface area contributed by atoms with Crippen LogP contribution in [0.25, 0.3) is 0 Å². The lowest BCUT2D eigenvalue weighted by Crippen LogP contribution is -2.40. The Morgan fingerprint density at radius 1 is 1.13 bits per heavy atom. The summed E-state index contributed by atoms with van der Waals surface area (Å²) in [5.41, 5.74) is 3.04. The summed E-state index contributed by atoms with van der Waals surface area (Å²) in [7, 11) is 0. The molecule has 2 aromatic rings. The molecular formula is C19H22N4. The van der Waals surface area contributed by atoms with Gasteiger partial charge in [0.25, 0.3) is 0 Å². The molecule has 0 bridgehead atoms. The summed E-state index contributed by atoms with van der Waals surface area (Å²) in [6, 6.07) is 14.6. The molecule has 4 nitrogen and oxygen atoms in total. The van der Waals surface area contributed by atoms with Gasteiger partial charge < -0.3 is 10.2 Å². The Kier molecular flexibility index (Phi) is 5.23. The maximum Gasteiger partial charge on any atom is 0.101 e. The monoisotopic (exact) mass is 306 g/mol. The van der Waals surface area contributed by atoms with E-state index in [-0.39, 0.29) is 0 Å². The van der Waals surface area contributed by atoms with Gasteiger partial charge in [0.2, 0.25) is 0 Å². The van der Waals surface area contributed by atoms with Crippen LogP contribution in [0.15, 0.2) is 48.8 Å². The zero-order valence-electron chi connectivity index (χ0n) is 13.3. The molecule has 0 radical (unpaired) electrons. The number of hydrogen-bond acceptors (Lipinski definition) is 4. The third-order valence-corrected chi connectivity index (χ3v) is 4.46. The van der Waals surface area contributed by atoms with E-state index in [1.807, 2.05) is 36.7 Å². The SMILES string of the molecule is N#Cc1ccccc1NC1CCN(CCc2ccncc2)CC1. The van der Waals surface area contributed by atoms with E-state index >= 15 is 0 Å². The zero-order valence-corrected chi connectivity index (χ0v) is 13.3. The van der Waals surface area contributed by atoms with E-state index in [0.717, 1.165) is 50.1 Å². The Balaban J connectivity index is 1.46. The van der Waals surface area contributed by atoms with Gasteiger partial charge in [0, 0.05) is 38.1 Å². The number of benzene rings is 1. The largest absolute Gasteiger partial charge is 0.381 e. The Bertz CT molecular complexity index is 655. The first kappa shape index (κ1) is 15.5. The number of rotatable bonds is 5. The lowest BCUT2D eigenvalue weighted by Gasteiger charge is -2.33. The van der Waals surface area contributed by atoms with Gasteiger partial charge in [-0.05, 0) is 49.1 Å². The topological polar surface area (TPSA) is 52.0 Å². The molecule has 0 amide bonds. The van der Waals surface area contributed by atoms with E-state index in [1.54, 1.807) is 0 Å². The van der Waals surface area contributed by atoms with Crippen LogP contribution in [-0.4, -0.2) is 35.6 Å². The maximum atomic E-state index is 9.17. The van der Waals surface area contributed by atoms with Crippen molar-refractivity contribution in [2.24, 2.45) is 0 Å². The molecule has 0 unspecified atom stereocenters. The molecule has 1 aromatic carbocycles. The quantitative estimate of drug-likeness (QED) is 0.922. The molecule has 4 heteroatoms. The predicted molar refractivity (Wildman–Crippen MR) is 92.2 cm³/mol. The first-order valence-corrected chi connectivity index (χ1v) is 8.22. The molecule has 1 aromatic heterocycles. The molecule has 3 rings (SSSR count). The summed E-state index contributed by atoms with van der Waals surface area (Å²) < 4.78 is 0. The van der Waals surface area contributed by atoms with Crippen LogP contribution in [0.2, 0.25) is 0 Å². The Labute approximate surface area is 137 Å². The van der Waals surface area contributed by atoms with Gasteiger partial charge in [0.05, 0.1) is 11.3 Å². The highest BCUT2D eigenvalue weighted by Crippen LogP contribution is 2.20. The predicted octanol–water partition coefficient (Wildman–Crippen LogP) is 3.07. The molecule has 0 saturated carbocycles. The lowest BCUT2D eigenvalue weighted by atomic mass is 10.0. The van der Waals surface area contributed by atoms with Crippen molar-refractivity contribution in [3.05, 3.63) is 59.9 Å². The van der Waals surface area contributed by atoms with Gasteiger partial charge in [-0.25, -0.2) is 0 Å². The van der Waals surface area contributed by atoms with Crippen molar-refractivity contribution in [1.82, 2.24) is 9.88 Å². The Hall–Kier alpha value is -2.38. The molecule has 0 aliphatic carbocycles. The van der Waals surface area contributed by atoms with Crippen molar-refractivity contribution in [3.63, 3.8) is 0 Å². The summed E-state index contributed by atoms with van der Waals surface area (Å²) in [6.07, 6.45) is 7.04. The highest BCUT2D eigenvalue weighted by atomic mass is 15.1. The minimum atomic E-state index is 0.460. The molecule has 0 spiro atoms. The third kappa shape index (κ3) is 4.30. The average molecular weight is 306 g/mol. The number of aromatic nitrogens is 1. The van der Waals surface area contributed by atoms with E-state index in [0.29, 0.717) is 6.04 Å². The van der Waals surface area contributed by atoms with Crippen LogP contribution >= 0.6 is 0 Å². The summed E-state index contributed by atoms with van der Waals surface area (Å²) in [6.45, 7) is 3.32. The molecule has 1 fully saturated rings. The van der Waals surface area contributed by atoms with E-state index in [2.05, 4.69) is 33.4 Å². The number of nitrogens with zero attached hydrogens (tertiary/aromatic N) is 3. The van der Waals surface area contributed by atoms with Gasteiger partial charge in [-0.2, -0.15) is 5.26 Å². The zero-order chi connectivity index (χ0) is 15.9. The lowest BCUT2D eigenvalue weighted by molar-refractivity contribution is 0.221. The van der Waals surface area contributed by atoms with Crippen LogP contribution in [0.1, 0.15) is 24.0 Å². The average Bonchev–Trinajstić information content (AvgIpc) is 2.62. The first-order valence-electron chi connectivity index (χ1n) is 8.22. The number of pyridine rings is 1. The van der Waals surface area contributed by atoms with Crippen molar-refractivity contribution >= 4 is 5.69 Å². The fraction of sp³-hybridized carbons (Fsp3) is 0.368. The molecule has 1 aliphatic rings. The van der Waals surface area contributed by atoms with Crippen LogP contribution in [-0.2, 0) is 6.42 Å². The van der Waals surface area contributed by atoms with Crippen molar-refractivity contribution < 1.29 is 0 Å². The van der Waals surface area contributed by atoms with Crippen LogP contribution in [0.5, 0.6) is 0 Å². The second kappa shape index (κ2) is 7.75. The van der Waals surface area contributed by atoms with Crippen LogP contribution in [0.4, 0.5) is 5.69 Å². The number of nitriles is 1. The molecule has 1 N–H and O–H groups in total. The normalized spacial score (nSPS) is 16.0. The molecule has 118 valence electrons. The summed E-state index contributed by atoms with van der Waals surface area (Å²) in [5.74, 6) is 0. The fourth-order valence-corrected chi connectivity index (χ4v) is 3.06. The molecular weight excluding hydrogens is 284 g/mol. The van der Waals surface area contributed by atoms with Crippen molar-refractivity contribution in [2.45, 2.75) is 25.3 Å². The van der Waals surface area contributed by atoms with E-state index < -0.39 is 0 Å². The van der Waals surface area contributed by atoms with E-state index in [4.69, 9.17) is 5.26 Å². The molecule has 0 atom stereocenters. The molecule has 23 heavy (non-hydrogen) atoms. The second-order valence-electron chi connectivity index (χ2n) is 6.02. The van der Waals surface area contributed by atoms with Gasteiger partial charge >= 0.3 is 0 Å². The summed E-state index contributed by atoms with van der Waals surface area (Å²) in [5, 5.41) is 12.7. The standard InChI is InChI=1S/C19H22N4/c20-15-17-3-1-2-4-19(17)22-18-8-13-23(14-9-18)12-7-16-5-10-21-11-6-16/h1-6,10-11,18,22H,7-9,12-14H2. The van der Waals surface area contributed by atoms with Gasteiger partial charge in [0.15, 0.2) is 0 Å². The van der Waals surface area contributed by atoms with Gasteiger partial charge in [0.1, 0.15) is 6.07 Å². The van der Waals surface area contributed by atoms with Crippen LogP contribution < -0.4 is 5.32 Å². The second-order valence-corrected chi connectivity index (χ2v) is 6.02. The highest BCUT2D eigenvalue weighted by Gasteiger charge is 2.19. The third-order valence-electron chi connectivity index (χ3n) is 4.46. The summed E-state index contributed by atoms with van der Waals surface area (Å²) in [4.78, 5) is 6.58. The van der Waals surface area contributed by atoms with Crippen LogP contribution in [0, 0.1) is 11.3 Å². The summed E-state index contributed by atoms with van der Waals surface area (Å²) >= 11 is 0. The smallest absolute Gasteiger partial charge is 0.101 e. The Morgan fingerprint density at radius 3 is 2.61 bits per heavy atom. The Morgan fingerprint density at radius 2 is 1.87 bits per heavy atom. The van der Waals surface area contributed by atoms with Crippen LogP contribution in [0.3, 0.4) is 0 Å². The molecule has 1 saturated heterocycles. The van der Waals surface area contributed by atoms with E-state index in [9.17, 15) is 0 Å². The first-order chi connectivity index (χ1) is 11.3. The number of piperidine rings is 1. The minimum Gasteiger partial charge on any atom is -0.381 e. The number of likely N-dealkylation sites (tertiary alicyclic amines) is 1. The number of hydrogen-bond donors (Lipinski definition) is 1. The number of nitrogens with one attached hydrogen (secondary N) is 1. The van der Waals surface area contributed by atoms with Gasteiger partial charge in [-0.1, -0.05) is 12.1 Å². The minimum absolute atomic E-state index is 0.460. The molecule has 1 aliphatic heterocycles.